The monoisotopic (exact) mass is 239 g/mol. The van der Waals surface area contributed by atoms with Crippen molar-refractivity contribution in [3.05, 3.63) is 29.6 Å². The Hall–Kier alpha value is -1.09. The van der Waals surface area contributed by atoms with Gasteiger partial charge in [0, 0.05) is 6.07 Å². The molecule has 1 rings (SSSR count). The third-order valence-electron chi connectivity index (χ3n) is 2.63. The van der Waals surface area contributed by atoms with E-state index in [1.54, 1.807) is 0 Å². The number of unbranched alkanes of at least 4 members (excludes halogenated alkanes) is 3. The molecule has 0 aliphatic heterocycles. The predicted octanol–water partition coefficient (Wildman–Crippen LogP) is 3.29. The van der Waals surface area contributed by atoms with Crippen molar-refractivity contribution in [3.63, 3.8) is 0 Å². The Bertz CT molecular complexity index is 328. The van der Waals surface area contributed by atoms with E-state index in [1.807, 2.05) is 6.07 Å². The second-order valence-electron chi connectivity index (χ2n) is 4.24. The van der Waals surface area contributed by atoms with Gasteiger partial charge in [-0.1, -0.05) is 26.2 Å². The summed E-state index contributed by atoms with van der Waals surface area (Å²) in [4.78, 5) is 0. The van der Waals surface area contributed by atoms with Gasteiger partial charge in [-0.25, -0.2) is 4.39 Å². The smallest absolute Gasteiger partial charge is 0.127 e. The summed E-state index contributed by atoms with van der Waals surface area (Å²) in [6, 6.07) is 4.81. The van der Waals surface area contributed by atoms with E-state index in [-0.39, 0.29) is 5.82 Å². The van der Waals surface area contributed by atoms with Crippen LogP contribution in [0.25, 0.3) is 0 Å². The van der Waals surface area contributed by atoms with Gasteiger partial charge in [-0.3, -0.25) is 0 Å². The van der Waals surface area contributed by atoms with Gasteiger partial charge in [-0.15, -0.1) is 0 Å². The maximum atomic E-state index is 13.3. The fraction of sp³-hybridized carbons (Fsp3) is 0.571. The zero-order valence-electron chi connectivity index (χ0n) is 10.5. The summed E-state index contributed by atoms with van der Waals surface area (Å²) < 4.78 is 18.8. The molecule has 0 spiro atoms. The molecule has 1 aromatic rings. The van der Waals surface area contributed by atoms with Crippen LogP contribution >= 0.6 is 0 Å². The van der Waals surface area contributed by atoms with E-state index in [0.29, 0.717) is 25.3 Å². The molecule has 0 radical (unpaired) electrons. The molecule has 0 atom stereocenters. The van der Waals surface area contributed by atoms with Crippen LogP contribution in [-0.2, 0) is 6.42 Å². The Labute approximate surface area is 103 Å². The zero-order chi connectivity index (χ0) is 12.5. The largest absolute Gasteiger partial charge is 0.493 e. The Balaban J connectivity index is 2.41. The van der Waals surface area contributed by atoms with E-state index in [2.05, 4.69) is 6.92 Å². The van der Waals surface area contributed by atoms with Crippen LogP contribution in [0.4, 0.5) is 4.39 Å². The highest BCUT2D eigenvalue weighted by Gasteiger charge is 2.01. The van der Waals surface area contributed by atoms with Crippen LogP contribution in [0.3, 0.4) is 0 Å². The van der Waals surface area contributed by atoms with Gasteiger partial charge in [0.25, 0.3) is 0 Å². The minimum Gasteiger partial charge on any atom is -0.493 e. The summed E-state index contributed by atoms with van der Waals surface area (Å²) in [5.41, 5.74) is 6.35. The van der Waals surface area contributed by atoms with Crippen molar-refractivity contribution < 1.29 is 9.13 Å². The van der Waals surface area contributed by atoms with Crippen LogP contribution in [0.5, 0.6) is 5.75 Å². The fourth-order valence-corrected chi connectivity index (χ4v) is 1.73. The number of rotatable bonds is 8. The van der Waals surface area contributed by atoms with Crippen molar-refractivity contribution in [1.29, 1.82) is 0 Å². The van der Waals surface area contributed by atoms with E-state index in [9.17, 15) is 4.39 Å². The van der Waals surface area contributed by atoms with Crippen molar-refractivity contribution in [3.8, 4) is 5.75 Å². The first kappa shape index (κ1) is 14.0. The van der Waals surface area contributed by atoms with Crippen LogP contribution in [0, 0.1) is 5.82 Å². The molecule has 0 heterocycles. The maximum Gasteiger partial charge on any atom is 0.127 e. The molecule has 2 nitrogen and oxygen atoms in total. The van der Waals surface area contributed by atoms with Crippen LogP contribution in [0.2, 0.25) is 0 Å². The molecule has 2 N–H and O–H groups in total. The molecule has 0 fully saturated rings. The van der Waals surface area contributed by atoms with Crippen LogP contribution in [-0.4, -0.2) is 13.2 Å². The number of ether oxygens (including phenoxy) is 1. The topological polar surface area (TPSA) is 35.2 Å². The second kappa shape index (κ2) is 8.07. The number of hydrogen-bond acceptors (Lipinski definition) is 2. The third kappa shape index (κ3) is 5.68. The SMILES string of the molecule is CCCCCCOc1cc(F)cc(CCN)c1. The molecule has 0 bridgehead atoms. The van der Waals surface area contributed by atoms with Gasteiger partial charge in [0.05, 0.1) is 6.61 Å². The summed E-state index contributed by atoms with van der Waals surface area (Å²) in [7, 11) is 0. The Morgan fingerprint density at radius 1 is 1.18 bits per heavy atom. The Morgan fingerprint density at radius 3 is 2.71 bits per heavy atom. The molecular weight excluding hydrogens is 217 g/mol. The van der Waals surface area contributed by atoms with Gasteiger partial charge in [-0.05, 0) is 37.1 Å². The fourth-order valence-electron chi connectivity index (χ4n) is 1.73. The second-order valence-corrected chi connectivity index (χ2v) is 4.24. The lowest BCUT2D eigenvalue weighted by molar-refractivity contribution is 0.303. The van der Waals surface area contributed by atoms with Gasteiger partial charge < -0.3 is 10.5 Å². The minimum absolute atomic E-state index is 0.250. The highest BCUT2D eigenvalue weighted by molar-refractivity contribution is 5.29. The number of benzene rings is 1. The lowest BCUT2D eigenvalue weighted by atomic mass is 10.1. The molecule has 0 aromatic heterocycles. The predicted molar refractivity (Wildman–Crippen MR) is 68.8 cm³/mol. The highest BCUT2D eigenvalue weighted by atomic mass is 19.1. The standard InChI is InChI=1S/C14H22FNO/c1-2-3-4-5-8-17-14-10-12(6-7-16)9-13(15)11-14/h9-11H,2-8,16H2,1H3. The average Bonchev–Trinajstić information content (AvgIpc) is 2.28. The summed E-state index contributed by atoms with van der Waals surface area (Å²) in [6.45, 7) is 3.36. The minimum atomic E-state index is -0.250. The van der Waals surface area contributed by atoms with Crippen molar-refractivity contribution in [2.45, 2.75) is 39.0 Å². The number of halogens is 1. The van der Waals surface area contributed by atoms with Gasteiger partial charge in [0.15, 0.2) is 0 Å². The van der Waals surface area contributed by atoms with E-state index in [4.69, 9.17) is 10.5 Å². The van der Waals surface area contributed by atoms with E-state index in [0.717, 1.165) is 12.0 Å². The Kier molecular flexibility index (Phi) is 6.63. The van der Waals surface area contributed by atoms with E-state index >= 15 is 0 Å². The van der Waals surface area contributed by atoms with Gasteiger partial charge in [-0.2, -0.15) is 0 Å². The lowest BCUT2D eigenvalue weighted by Gasteiger charge is -2.08. The molecule has 0 unspecified atom stereocenters. The van der Waals surface area contributed by atoms with E-state index < -0.39 is 0 Å². The molecule has 3 heteroatoms. The zero-order valence-corrected chi connectivity index (χ0v) is 10.5. The lowest BCUT2D eigenvalue weighted by Crippen LogP contribution is -2.04. The van der Waals surface area contributed by atoms with Crippen molar-refractivity contribution >= 4 is 0 Å². The summed E-state index contributed by atoms with van der Waals surface area (Å²) in [5.74, 6) is 0.365. The van der Waals surface area contributed by atoms with E-state index in [1.165, 1.54) is 31.4 Å². The first-order chi connectivity index (χ1) is 8.26. The molecule has 0 aliphatic carbocycles. The van der Waals surface area contributed by atoms with Gasteiger partial charge >= 0.3 is 0 Å². The molecule has 96 valence electrons. The summed E-state index contributed by atoms with van der Waals surface area (Å²) >= 11 is 0. The summed E-state index contributed by atoms with van der Waals surface area (Å²) in [6.07, 6.45) is 5.31. The first-order valence-electron chi connectivity index (χ1n) is 6.38. The molecule has 0 amide bonds. The van der Waals surface area contributed by atoms with Gasteiger partial charge in [0.2, 0.25) is 0 Å². The molecule has 0 saturated heterocycles. The van der Waals surface area contributed by atoms with Crippen molar-refractivity contribution in [2.75, 3.05) is 13.2 Å². The molecule has 0 aliphatic rings. The average molecular weight is 239 g/mol. The molecule has 17 heavy (non-hydrogen) atoms. The number of hydrogen-bond donors (Lipinski definition) is 1. The Morgan fingerprint density at radius 2 is 2.00 bits per heavy atom. The maximum absolute atomic E-state index is 13.3. The number of nitrogens with two attached hydrogens (primary N) is 1. The molecule has 1 aromatic carbocycles. The van der Waals surface area contributed by atoms with Crippen LogP contribution in [0.1, 0.15) is 38.2 Å². The first-order valence-corrected chi connectivity index (χ1v) is 6.38. The van der Waals surface area contributed by atoms with Crippen LogP contribution < -0.4 is 10.5 Å². The van der Waals surface area contributed by atoms with Crippen LogP contribution in [0.15, 0.2) is 18.2 Å². The van der Waals surface area contributed by atoms with Gasteiger partial charge in [0.1, 0.15) is 11.6 Å². The van der Waals surface area contributed by atoms with Crippen molar-refractivity contribution in [2.24, 2.45) is 5.73 Å². The molecular formula is C14H22FNO. The van der Waals surface area contributed by atoms with Crippen molar-refractivity contribution in [1.82, 2.24) is 0 Å². The normalized spacial score (nSPS) is 10.5. The quantitative estimate of drug-likeness (QED) is 0.706. The molecule has 0 saturated carbocycles. The highest BCUT2D eigenvalue weighted by Crippen LogP contribution is 2.17. The third-order valence-corrected chi connectivity index (χ3v) is 2.63. The summed E-state index contributed by atoms with van der Waals surface area (Å²) in [5, 5.41) is 0.